The molecule has 0 bridgehead atoms. The highest BCUT2D eigenvalue weighted by Crippen LogP contribution is 2.40. The second-order valence-corrected chi connectivity index (χ2v) is 8.57. The van der Waals surface area contributed by atoms with Gasteiger partial charge in [0.05, 0.1) is 23.9 Å². The summed E-state index contributed by atoms with van der Waals surface area (Å²) in [6, 6.07) is 14.6. The summed E-state index contributed by atoms with van der Waals surface area (Å²) in [5.74, 6) is 1.06. The average molecular weight is 445 g/mol. The maximum atomic E-state index is 13.6. The van der Waals surface area contributed by atoms with E-state index in [1.54, 1.807) is 36.1 Å². The maximum Gasteiger partial charge on any atom is 0.271 e. The number of rotatable bonds is 4. The van der Waals surface area contributed by atoms with E-state index in [1.807, 2.05) is 43.3 Å². The molecule has 1 unspecified atom stereocenters. The summed E-state index contributed by atoms with van der Waals surface area (Å²) < 4.78 is 13.2. The first kappa shape index (κ1) is 20.2. The van der Waals surface area contributed by atoms with Crippen molar-refractivity contribution >= 4 is 34.0 Å². The SMILES string of the molecule is COc1ccc2ccccc2c1C1C(C(C)=O)=C(C)N=c2s/c(=C\c3ccco3)c(=O)n21. The number of nitrogens with zero attached hydrogens (tertiary/aromatic N) is 2. The highest BCUT2D eigenvalue weighted by Gasteiger charge is 2.33. The summed E-state index contributed by atoms with van der Waals surface area (Å²) in [7, 11) is 1.60. The van der Waals surface area contributed by atoms with Crippen LogP contribution in [0.4, 0.5) is 0 Å². The van der Waals surface area contributed by atoms with E-state index in [9.17, 15) is 9.59 Å². The summed E-state index contributed by atoms with van der Waals surface area (Å²) in [6.45, 7) is 3.32. The zero-order valence-electron chi connectivity index (χ0n) is 17.8. The van der Waals surface area contributed by atoms with Crippen molar-refractivity contribution in [3.8, 4) is 5.75 Å². The number of thiazole rings is 1. The van der Waals surface area contributed by atoms with Crippen LogP contribution in [0.2, 0.25) is 0 Å². The Kier molecular flexibility index (Phi) is 4.90. The van der Waals surface area contributed by atoms with Gasteiger partial charge in [0.15, 0.2) is 10.6 Å². The standard InChI is InChI=1S/C25H20N2O4S/c1-14-21(15(2)28)23(22-18-9-5-4-7-16(18)10-11-19(22)30-3)27-24(29)20(32-25(27)26-14)13-17-8-6-12-31-17/h4-13,23H,1-3H3/b20-13-. The van der Waals surface area contributed by atoms with Gasteiger partial charge in [-0.1, -0.05) is 41.7 Å². The molecular formula is C25H20N2O4S. The van der Waals surface area contributed by atoms with E-state index in [0.29, 0.717) is 32.1 Å². The number of hydrogen-bond donors (Lipinski definition) is 0. The molecule has 1 atom stereocenters. The van der Waals surface area contributed by atoms with E-state index in [-0.39, 0.29) is 11.3 Å². The van der Waals surface area contributed by atoms with Gasteiger partial charge in [-0.25, -0.2) is 4.99 Å². The lowest BCUT2D eigenvalue weighted by Crippen LogP contribution is -2.39. The van der Waals surface area contributed by atoms with Crippen LogP contribution in [-0.2, 0) is 4.79 Å². The normalized spacial score (nSPS) is 16.2. The van der Waals surface area contributed by atoms with Crippen molar-refractivity contribution in [2.45, 2.75) is 19.9 Å². The van der Waals surface area contributed by atoms with Crippen LogP contribution in [0.1, 0.15) is 31.2 Å². The fourth-order valence-corrected chi connectivity index (χ4v) is 5.31. The van der Waals surface area contributed by atoms with Crippen molar-refractivity contribution in [3.05, 3.63) is 97.1 Å². The molecule has 0 N–H and O–H groups in total. The highest BCUT2D eigenvalue weighted by atomic mass is 32.1. The van der Waals surface area contributed by atoms with Gasteiger partial charge in [0.2, 0.25) is 0 Å². The van der Waals surface area contributed by atoms with Crippen molar-refractivity contribution in [1.29, 1.82) is 0 Å². The number of furan rings is 1. The average Bonchev–Trinajstić information content (AvgIpc) is 3.40. The van der Waals surface area contributed by atoms with Crippen LogP contribution in [0.15, 0.2) is 80.3 Å². The van der Waals surface area contributed by atoms with Gasteiger partial charge in [0, 0.05) is 22.9 Å². The molecule has 7 heteroatoms. The third kappa shape index (κ3) is 3.13. The minimum atomic E-state index is -0.649. The van der Waals surface area contributed by atoms with E-state index in [1.165, 1.54) is 18.3 Å². The quantitative estimate of drug-likeness (QED) is 0.482. The lowest BCUT2D eigenvalue weighted by Gasteiger charge is -2.27. The zero-order chi connectivity index (χ0) is 22.4. The second kappa shape index (κ2) is 7.76. The number of hydrogen-bond acceptors (Lipinski definition) is 6. The minimum Gasteiger partial charge on any atom is -0.496 e. The number of aromatic nitrogens is 1. The topological polar surface area (TPSA) is 73.8 Å². The Morgan fingerprint density at radius 1 is 1.19 bits per heavy atom. The number of allylic oxidation sites excluding steroid dienone is 2. The van der Waals surface area contributed by atoms with Gasteiger partial charge in [-0.3, -0.25) is 14.2 Å². The molecule has 0 spiro atoms. The first-order chi connectivity index (χ1) is 15.5. The van der Waals surface area contributed by atoms with Crippen molar-refractivity contribution in [3.63, 3.8) is 0 Å². The van der Waals surface area contributed by atoms with Crippen LogP contribution in [0.25, 0.3) is 16.8 Å². The van der Waals surface area contributed by atoms with Crippen LogP contribution in [0, 0.1) is 0 Å². The van der Waals surface area contributed by atoms with Crippen LogP contribution in [-0.4, -0.2) is 17.5 Å². The number of fused-ring (bicyclic) bond motifs is 2. The number of methoxy groups -OCH3 is 1. The Morgan fingerprint density at radius 3 is 2.72 bits per heavy atom. The summed E-state index contributed by atoms with van der Waals surface area (Å²) >= 11 is 1.28. The number of Topliss-reactive ketones (excluding diaryl/α,β-unsaturated/α-hetero) is 1. The predicted octanol–water partition coefficient (Wildman–Crippen LogP) is 3.58. The van der Waals surface area contributed by atoms with Crippen LogP contribution >= 0.6 is 11.3 Å². The number of carbonyl (C=O) groups is 1. The van der Waals surface area contributed by atoms with E-state index in [0.717, 1.165) is 16.3 Å². The summed E-state index contributed by atoms with van der Waals surface area (Å²) in [5, 5.41) is 1.92. The molecule has 32 heavy (non-hydrogen) atoms. The third-order valence-corrected chi connectivity index (χ3v) is 6.62. The van der Waals surface area contributed by atoms with Gasteiger partial charge in [-0.15, -0.1) is 0 Å². The molecule has 4 aromatic rings. The van der Waals surface area contributed by atoms with Crippen LogP contribution in [0.3, 0.4) is 0 Å². The fourth-order valence-electron chi connectivity index (χ4n) is 4.28. The van der Waals surface area contributed by atoms with Crippen LogP contribution < -0.4 is 19.6 Å². The van der Waals surface area contributed by atoms with E-state index < -0.39 is 6.04 Å². The molecule has 6 nitrogen and oxygen atoms in total. The first-order valence-electron chi connectivity index (χ1n) is 10.1. The molecule has 2 aromatic carbocycles. The smallest absolute Gasteiger partial charge is 0.271 e. The molecule has 0 saturated carbocycles. The second-order valence-electron chi connectivity index (χ2n) is 7.56. The van der Waals surface area contributed by atoms with Crippen molar-refractivity contribution in [1.82, 2.24) is 4.57 Å². The molecule has 3 heterocycles. The summed E-state index contributed by atoms with van der Waals surface area (Å²) in [4.78, 5) is 31.6. The summed E-state index contributed by atoms with van der Waals surface area (Å²) in [5.41, 5.74) is 1.63. The number of ketones is 1. The molecular weight excluding hydrogens is 424 g/mol. The van der Waals surface area contributed by atoms with E-state index >= 15 is 0 Å². The third-order valence-electron chi connectivity index (χ3n) is 5.64. The molecule has 0 fully saturated rings. The molecule has 2 aromatic heterocycles. The Hall–Kier alpha value is -3.71. The van der Waals surface area contributed by atoms with Crippen molar-refractivity contribution in [2.75, 3.05) is 7.11 Å². The maximum absolute atomic E-state index is 13.6. The number of carbonyl (C=O) groups excluding carboxylic acids is 1. The zero-order valence-corrected chi connectivity index (χ0v) is 18.6. The van der Waals surface area contributed by atoms with Crippen molar-refractivity contribution in [2.24, 2.45) is 4.99 Å². The molecule has 0 aliphatic carbocycles. The largest absolute Gasteiger partial charge is 0.496 e. The van der Waals surface area contributed by atoms with Crippen molar-refractivity contribution < 1.29 is 13.9 Å². The number of benzene rings is 2. The molecule has 160 valence electrons. The fraction of sp³-hybridized carbons (Fsp3) is 0.160. The van der Waals surface area contributed by atoms with Gasteiger partial charge in [-0.05, 0) is 42.8 Å². The van der Waals surface area contributed by atoms with Gasteiger partial charge < -0.3 is 9.15 Å². The molecule has 0 saturated heterocycles. The Balaban J connectivity index is 1.89. The van der Waals surface area contributed by atoms with E-state index in [4.69, 9.17) is 9.15 Å². The van der Waals surface area contributed by atoms with Gasteiger partial charge in [-0.2, -0.15) is 0 Å². The van der Waals surface area contributed by atoms with Crippen LogP contribution in [0.5, 0.6) is 5.75 Å². The molecule has 0 radical (unpaired) electrons. The molecule has 5 rings (SSSR count). The minimum absolute atomic E-state index is 0.133. The Labute approximate surface area is 187 Å². The molecule has 1 aliphatic rings. The molecule has 1 aliphatic heterocycles. The predicted molar refractivity (Wildman–Crippen MR) is 124 cm³/mol. The first-order valence-corrected chi connectivity index (χ1v) is 10.9. The van der Waals surface area contributed by atoms with E-state index in [2.05, 4.69) is 4.99 Å². The van der Waals surface area contributed by atoms with Gasteiger partial charge >= 0.3 is 0 Å². The molecule has 0 amide bonds. The lowest BCUT2D eigenvalue weighted by molar-refractivity contribution is -0.114. The van der Waals surface area contributed by atoms with Gasteiger partial charge in [0.25, 0.3) is 5.56 Å². The highest BCUT2D eigenvalue weighted by molar-refractivity contribution is 7.07. The lowest BCUT2D eigenvalue weighted by atomic mass is 9.89. The Morgan fingerprint density at radius 2 is 2.00 bits per heavy atom. The Bertz CT molecular complexity index is 1570. The summed E-state index contributed by atoms with van der Waals surface area (Å²) in [6.07, 6.45) is 3.26. The van der Waals surface area contributed by atoms with Gasteiger partial charge in [0.1, 0.15) is 11.5 Å². The number of ether oxygens (including phenoxy) is 1. The monoisotopic (exact) mass is 444 g/mol.